The van der Waals surface area contributed by atoms with Crippen LogP contribution in [0.4, 0.5) is 0 Å². The number of carbonyl (C=O) groups excluding carboxylic acids is 1. The Balaban J connectivity index is 1.66. The summed E-state index contributed by atoms with van der Waals surface area (Å²) in [7, 11) is 0. The van der Waals surface area contributed by atoms with Gasteiger partial charge in [-0.05, 0) is 18.6 Å². The number of aromatic nitrogens is 2. The standard InChI is InChI=1S/C15H18N2O3/c1-13(20-12-14-6-3-2-4-7-14)15(18)19-11-10-17-9-5-8-16-17/h2-9,13H,10-12H2,1H3. The molecular weight excluding hydrogens is 256 g/mol. The van der Waals surface area contributed by atoms with Crippen LogP contribution in [-0.4, -0.2) is 28.5 Å². The number of rotatable bonds is 7. The van der Waals surface area contributed by atoms with Crippen LogP contribution in [0.25, 0.3) is 0 Å². The second-order valence-corrected chi connectivity index (χ2v) is 4.38. The van der Waals surface area contributed by atoms with Gasteiger partial charge in [0.05, 0.1) is 13.2 Å². The Morgan fingerprint density at radius 2 is 2.10 bits per heavy atom. The van der Waals surface area contributed by atoms with Crippen molar-refractivity contribution >= 4 is 5.97 Å². The van der Waals surface area contributed by atoms with Gasteiger partial charge in [-0.15, -0.1) is 0 Å². The van der Waals surface area contributed by atoms with Crippen LogP contribution >= 0.6 is 0 Å². The fourth-order valence-corrected chi connectivity index (χ4v) is 1.65. The summed E-state index contributed by atoms with van der Waals surface area (Å²) in [5.74, 6) is -0.354. The highest BCUT2D eigenvalue weighted by Gasteiger charge is 2.14. The molecule has 0 N–H and O–H groups in total. The summed E-state index contributed by atoms with van der Waals surface area (Å²) in [6, 6.07) is 11.5. The zero-order valence-corrected chi connectivity index (χ0v) is 11.4. The molecule has 0 aliphatic heterocycles. The number of nitrogens with zero attached hydrogens (tertiary/aromatic N) is 2. The van der Waals surface area contributed by atoms with Crippen molar-refractivity contribution in [2.24, 2.45) is 0 Å². The molecule has 5 nitrogen and oxygen atoms in total. The Morgan fingerprint density at radius 3 is 2.80 bits per heavy atom. The van der Waals surface area contributed by atoms with Gasteiger partial charge in [0, 0.05) is 12.4 Å². The van der Waals surface area contributed by atoms with E-state index in [9.17, 15) is 4.79 Å². The fourth-order valence-electron chi connectivity index (χ4n) is 1.65. The molecule has 1 heterocycles. The summed E-state index contributed by atoms with van der Waals surface area (Å²) < 4.78 is 12.3. The van der Waals surface area contributed by atoms with Gasteiger partial charge in [-0.2, -0.15) is 5.10 Å². The molecule has 0 saturated carbocycles. The van der Waals surface area contributed by atoms with Crippen LogP contribution in [0.2, 0.25) is 0 Å². The van der Waals surface area contributed by atoms with E-state index in [1.54, 1.807) is 17.8 Å². The molecule has 1 aromatic carbocycles. The summed E-state index contributed by atoms with van der Waals surface area (Å²) >= 11 is 0. The maximum absolute atomic E-state index is 11.7. The Hall–Kier alpha value is -2.14. The first-order valence-corrected chi connectivity index (χ1v) is 6.55. The number of carbonyl (C=O) groups is 1. The van der Waals surface area contributed by atoms with E-state index < -0.39 is 6.10 Å². The van der Waals surface area contributed by atoms with Gasteiger partial charge in [0.15, 0.2) is 6.10 Å². The average Bonchev–Trinajstić information content (AvgIpc) is 2.99. The van der Waals surface area contributed by atoms with Crippen molar-refractivity contribution in [1.29, 1.82) is 0 Å². The highest BCUT2D eigenvalue weighted by atomic mass is 16.6. The summed E-state index contributed by atoms with van der Waals surface area (Å²) in [6.45, 7) is 2.93. The third-order valence-electron chi connectivity index (χ3n) is 2.80. The van der Waals surface area contributed by atoms with Crippen LogP contribution in [-0.2, 0) is 27.4 Å². The van der Waals surface area contributed by atoms with Crippen molar-refractivity contribution in [2.75, 3.05) is 6.61 Å². The minimum Gasteiger partial charge on any atom is -0.462 e. The lowest BCUT2D eigenvalue weighted by atomic mass is 10.2. The zero-order valence-electron chi connectivity index (χ0n) is 11.4. The molecule has 0 bridgehead atoms. The van der Waals surface area contributed by atoms with Gasteiger partial charge in [-0.3, -0.25) is 4.68 Å². The lowest BCUT2D eigenvalue weighted by Crippen LogP contribution is -2.24. The van der Waals surface area contributed by atoms with E-state index in [0.29, 0.717) is 19.8 Å². The van der Waals surface area contributed by atoms with E-state index >= 15 is 0 Å². The minimum atomic E-state index is -0.576. The summed E-state index contributed by atoms with van der Waals surface area (Å²) in [5.41, 5.74) is 1.03. The first-order chi connectivity index (χ1) is 9.75. The van der Waals surface area contributed by atoms with E-state index in [1.165, 1.54) is 0 Å². The van der Waals surface area contributed by atoms with E-state index in [-0.39, 0.29) is 5.97 Å². The van der Waals surface area contributed by atoms with Crippen LogP contribution in [0.1, 0.15) is 12.5 Å². The molecule has 0 aliphatic rings. The Labute approximate surface area is 118 Å². The van der Waals surface area contributed by atoms with Gasteiger partial charge < -0.3 is 9.47 Å². The topological polar surface area (TPSA) is 53.4 Å². The van der Waals surface area contributed by atoms with Crippen molar-refractivity contribution in [2.45, 2.75) is 26.2 Å². The fraction of sp³-hybridized carbons (Fsp3) is 0.333. The highest BCUT2D eigenvalue weighted by molar-refractivity contribution is 5.74. The maximum atomic E-state index is 11.7. The molecule has 1 unspecified atom stereocenters. The van der Waals surface area contributed by atoms with Gasteiger partial charge in [-0.25, -0.2) is 4.79 Å². The van der Waals surface area contributed by atoms with E-state index in [4.69, 9.17) is 9.47 Å². The molecule has 0 radical (unpaired) electrons. The van der Waals surface area contributed by atoms with Crippen molar-refractivity contribution in [3.63, 3.8) is 0 Å². The summed E-state index contributed by atoms with van der Waals surface area (Å²) in [4.78, 5) is 11.7. The monoisotopic (exact) mass is 274 g/mol. The van der Waals surface area contributed by atoms with Gasteiger partial charge in [-0.1, -0.05) is 30.3 Å². The number of hydrogen-bond acceptors (Lipinski definition) is 4. The quantitative estimate of drug-likeness (QED) is 0.725. The third kappa shape index (κ3) is 4.51. The molecule has 106 valence electrons. The smallest absolute Gasteiger partial charge is 0.335 e. The van der Waals surface area contributed by atoms with E-state index in [2.05, 4.69) is 5.10 Å². The van der Waals surface area contributed by atoms with Gasteiger partial charge in [0.25, 0.3) is 0 Å². The average molecular weight is 274 g/mol. The predicted molar refractivity (Wildman–Crippen MR) is 73.9 cm³/mol. The summed E-state index contributed by atoms with van der Waals surface area (Å²) in [6.07, 6.45) is 2.93. The number of benzene rings is 1. The number of esters is 1. The number of hydrogen-bond donors (Lipinski definition) is 0. The van der Waals surface area contributed by atoms with Crippen molar-refractivity contribution in [1.82, 2.24) is 9.78 Å². The second-order valence-electron chi connectivity index (χ2n) is 4.38. The molecule has 2 aromatic rings. The molecule has 0 fully saturated rings. The second kappa shape index (κ2) is 7.45. The molecule has 0 spiro atoms. The molecule has 20 heavy (non-hydrogen) atoms. The maximum Gasteiger partial charge on any atom is 0.335 e. The normalized spacial score (nSPS) is 12.1. The summed E-state index contributed by atoms with van der Waals surface area (Å²) in [5, 5.41) is 4.03. The first-order valence-electron chi connectivity index (χ1n) is 6.55. The highest BCUT2D eigenvalue weighted by Crippen LogP contribution is 2.04. The first kappa shape index (κ1) is 14.3. The van der Waals surface area contributed by atoms with Crippen molar-refractivity contribution in [3.8, 4) is 0 Å². The molecule has 0 amide bonds. The lowest BCUT2D eigenvalue weighted by molar-refractivity contribution is -0.157. The Bertz CT molecular complexity index is 511. The molecule has 0 aliphatic carbocycles. The molecular formula is C15H18N2O3. The van der Waals surface area contributed by atoms with Crippen LogP contribution in [0.3, 0.4) is 0 Å². The molecule has 1 aromatic heterocycles. The zero-order chi connectivity index (χ0) is 14.2. The van der Waals surface area contributed by atoms with Gasteiger partial charge in [0.1, 0.15) is 6.61 Å². The van der Waals surface area contributed by atoms with E-state index in [0.717, 1.165) is 5.56 Å². The van der Waals surface area contributed by atoms with E-state index in [1.807, 2.05) is 42.6 Å². The van der Waals surface area contributed by atoms with Gasteiger partial charge >= 0.3 is 5.97 Å². The number of ether oxygens (including phenoxy) is 2. The lowest BCUT2D eigenvalue weighted by Gasteiger charge is -2.12. The van der Waals surface area contributed by atoms with Crippen LogP contribution in [0.15, 0.2) is 48.8 Å². The molecule has 0 saturated heterocycles. The Morgan fingerprint density at radius 1 is 1.30 bits per heavy atom. The van der Waals surface area contributed by atoms with Crippen LogP contribution < -0.4 is 0 Å². The SMILES string of the molecule is CC(OCc1ccccc1)C(=O)OCCn1cccn1. The van der Waals surface area contributed by atoms with Crippen molar-refractivity contribution < 1.29 is 14.3 Å². The van der Waals surface area contributed by atoms with Gasteiger partial charge in [0.2, 0.25) is 0 Å². The molecule has 1 atom stereocenters. The minimum absolute atomic E-state index is 0.291. The molecule has 5 heteroatoms. The predicted octanol–water partition coefficient (Wildman–Crippen LogP) is 2.03. The van der Waals surface area contributed by atoms with Crippen LogP contribution in [0.5, 0.6) is 0 Å². The largest absolute Gasteiger partial charge is 0.462 e. The Kier molecular flexibility index (Phi) is 5.32. The van der Waals surface area contributed by atoms with Crippen LogP contribution in [0, 0.1) is 0 Å². The third-order valence-corrected chi connectivity index (χ3v) is 2.80. The molecule has 2 rings (SSSR count). The van der Waals surface area contributed by atoms with Crippen molar-refractivity contribution in [3.05, 3.63) is 54.4 Å².